The third kappa shape index (κ3) is 5.20. The standard InChI is InChI=1S/C21H25FN2O3/c1-27-19-10-6-16(7-11-19)20(13-15-4-8-17(22)9-5-15)23-21(26)24-12-2-3-18(25)14-24/h4-11,18,20,25H,2-3,12-14H2,1H3,(H,23,26)/t18-,20+/m1/s1. The number of methoxy groups -OCH3 is 1. The fraction of sp³-hybridized carbons (Fsp3) is 0.381. The van der Waals surface area contributed by atoms with Gasteiger partial charge in [-0.1, -0.05) is 24.3 Å². The van der Waals surface area contributed by atoms with E-state index in [1.54, 1.807) is 24.1 Å². The van der Waals surface area contributed by atoms with Crippen LogP contribution in [0.2, 0.25) is 0 Å². The number of β-amino-alcohol motifs (C(OH)–C–C–N with tert-alkyl or cyclic N) is 1. The van der Waals surface area contributed by atoms with Gasteiger partial charge in [-0.3, -0.25) is 0 Å². The number of ether oxygens (including phenoxy) is 1. The Hall–Kier alpha value is -2.60. The number of aliphatic hydroxyl groups is 1. The van der Waals surface area contributed by atoms with Crippen molar-refractivity contribution in [2.75, 3.05) is 20.2 Å². The average molecular weight is 372 g/mol. The van der Waals surface area contributed by atoms with Crippen LogP contribution in [0, 0.1) is 5.82 Å². The average Bonchev–Trinajstić information content (AvgIpc) is 2.69. The van der Waals surface area contributed by atoms with Crippen molar-refractivity contribution in [1.82, 2.24) is 10.2 Å². The van der Waals surface area contributed by atoms with E-state index in [-0.39, 0.29) is 17.9 Å². The molecule has 1 aliphatic rings. The zero-order valence-corrected chi connectivity index (χ0v) is 15.4. The fourth-order valence-corrected chi connectivity index (χ4v) is 3.32. The number of likely N-dealkylation sites (tertiary alicyclic amines) is 1. The van der Waals surface area contributed by atoms with Gasteiger partial charge in [0.2, 0.25) is 0 Å². The van der Waals surface area contributed by atoms with Crippen LogP contribution in [0.5, 0.6) is 5.75 Å². The van der Waals surface area contributed by atoms with Crippen molar-refractivity contribution in [3.63, 3.8) is 0 Å². The molecule has 1 aliphatic heterocycles. The number of halogens is 1. The molecule has 27 heavy (non-hydrogen) atoms. The summed E-state index contributed by atoms with van der Waals surface area (Å²) in [5.41, 5.74) is 1.86. The highest BCUT2D eigenvalue weighted by Gasteiger charge is 2.24. The molecule has 2 N–H and O–H groups in total. The van der Waals surface area contributed by atoms with E-state index in [9.17, 15) is 14.3 Å². The summed E-state index contributed by atoms with van der Waals surface area (Å²) in [7, 11) is 1.61. The molecule has 2 amide bonds. The van der Waals surface area contributed by atoms with E-state index in [2.05, 4.69) is 5.32 Å². The summed E-state index contributed by atoms with van der Waals surface area (Å²) in [6, 6.07) is 13.4. The summed E-state index contributed by atoms with van der Waals surface area (Å²) in [4.78, 5) is 14.4. The minimum absolute atomic E-state index is 0.198. The molecule has 0 spiro atoms. The number of piperidine rings is 1. The molecule has 0 radical (unpaired) electrons. The van der Waals surface area contributed by atoms with Crippen molar-refractivity contribution in [3.8, 4) is 5.75 Å². The molecule has 0 unspecified atom stereocenters. The molecule has 0 aromatic heterocycles. The molecule has 1 fully saturated rings. The Morgan fingerprint density at radius 1 is 1.26 bits per heavy atom. The predicted molar refractivity (Wildman–Crippen MR) is 101 cm³/mol. The number of benzene rings is 2. The maximum Gasteiger partial charge on any atom is 0.317 e. The SMILES string of the molecule is COc1ccc([C@H](Cc2ccc(F)cc2)NC(=O)N2CCC[C@@H](O)C2)cc1. The fourth-order valence-electron chi connectivity index (χ4n) is 3.32. The van der Waals surface area contributed by atoms with Gasteiger partial charge in [0.15, 0.2) is 0 Å². The number of nitrogens with zero attached hydrogens (tertiary/aromatic N) is 1. The van der Waals surface area contributed by atoms with E-state index in [1.165, 1.54) is 12.1 Å². The third-order valence-corrected chi connectivity index (χ3v) is 4.85. The quantitative estimate of drug-likeness (QED) is 0.847. The number of nitrogens with one attached hydrogen (secondary N) is 1. The van der Waals surface area contributed by atoms with Crippen molar-refractivity contribution in [1.29, 1.82) is 0 Å². The van der Waals surface area contributed by atoms with Crippen molar-refractivity contribution in [2.45, 2.75) is 31.4 Å². The lowest BCUT2D eigenvalue weighted by Gasteiger charge is -2.32. The van der Waals surface area contributed by atoms with Gasteiger partial charge in [0, 0.05) is 13.1 Å². The lowest BCUT2D eigenvalue weighted by molar-refractivity contribution is 0.0833. The minimum Gasteiger partial charge on any atom is -0.497 e. The second kappa shape index (κ2) is 8.86. The first-order valence-electron chi connectivity index (χ1n) is 9.17. The summed E-state index contributed by atoms with van der Waals surface area (Å²) in [6.45, 7) is 0.979. The van der Waals surface area contributed by atoms with Crippen molar-refractivity contribution >= 4 is 6.03 Å². The van der Waals surface area contributed by atoms with Crippen LogP contribution < -0.4 is 10.1 Å². The van der Waals surface area contributed by atoms with Gasteiger partial charge >= 0.3 is 6.03 Å². The van der Waals surface area contributed by atoms with Gasteiger partial charge in [-0.15, -0.1) is 0 Å². The van der Waals surface area contributed by atoms with E-state index in [4.69, 9.17) is 4.74 Å². The molecule has 2 aromatic rings. The number of hydrogen-bond acceptors (Lipinski definition) is 3. The zero-order valence-electron chi connectivity index (χ0n) is 15.4. The van der Waals surface area contributed by atoms with Crippen LogP contribution in [0.4, 0.5) is 9.18 Å². The molecule has 1 saturated heterocycles. The molecule has 0 saturated carbocycles. The molecule has 2 aromatic carbocycles. The first-order valence-corrected chi connectivity index (χ1v) is 9.17. The summed E-state index contributed by atoms with van der Waals surface area (Å²) in [6.07, 6.45) is 1.58. The van der Waals surface area contributed by atoms with Crippen LogP contribution in [0.15, 0.2) is 48.5 Å². The third-order valence-electron chi connectivity index (χ3n) is 4.85. The Balaban J connectivity index is 1.77. The highest BCUT2D eigenvalue weighted by molar-refractivity contribution is 5.75. The number of aliphatic hydroxyl groups excluding tert-OH is 1. The number of carbonyl (C=O) groups excluding carboxylic acids is 1. The maximum absolute atomic E-state index is 13.2. The molecule has 5 nitrogen and oxygen atoms in total. The first kappa shape index (κ1) is 19.2. The Morgan fingerprint density at radius 3 is 2.59 bits per heavy atom. The van der Waals surface area contributed by atoms with Crippen molar-refractivity contribution in [2.24, 2.45) is 0 Å². The van der Waals surface area contributed by atoms with Gasteiger partial charge in [-0.25, -0.2) is 9.18 Å². The van der Waals surface area contributed by atoms with Crippen molar-refractivity contribution < 1.29 is 19.0 Å². The molecule has 0 bridgehead atoms. The lowest BCUT2D eigenvalue weighted by Crippen LogP contribution is -2.48. The second-order valence-electron chi connectivity index (χ2n) is 6.85. The number of urea groups is 1. The summed E-state index contributed by atoms with van der Waals surface area (Å²) in [5.74, 6) is 0.454. The van der Waals surface area contributed by atoms with E-state index in [0.717, 1.165) is 29.7 Å². The normalized spacial score (nSPS) is 18.0. The monoisotopic (exact) mass is 372 g/mol. The predicted octanol–water partition coefficient (Wildman–Crippen LogP) is 3.28. The molecular formula is C21H25FN2O3. The van der Waals surface area contributed by atoms with Crippen LogP contribution in [0.25, 0.3) is 0 Å². The van der Waals surface area contributed by atoms with Crippen LogP contribution in [0.1, 0.15) is 30.0 Å². The van der Waals surface area contributed by atoms with E-state index >= 15 is 0 Å². The van der Waals surface area contributed by atoms with E-state index in [0.29, 0.717) is 19.5 Å². The highest BCUT2D eigenvalue weighted by atomic mass is 19.1. The zero-order chi connectivity index (χ0) is 19.2. The van der Waals surface area contributed by atoms with Crippen LogP contribution >= 0.6 is 0 Å². The Kier molecular flexibility index (Phi) is 6.29. The molecular weight excluding hydrogens is 347 g/mol. The van der Waals surface area contributed by atoms with Crippen LogP contribution in [0.3, 0.4) is 0 Å². The van der Waals surface area contributed by atoms with Crippen LogP contribution in [-0.2, 0) is 6.42 Å². The topological polar surface area (TPSA) is 61.8 Å². The molecule has 0 aliphatic carbocycles. The smallest absolute Gasteiger partial charge is 0.317 e. The summed E-state index contributed by atoms with van der Waals surface area (Å²) in [5, 5.41) is 12.9. The highest BCUT2D eigenvalue weighted by Crippen LogP contribution is 2.22. The molecule has 3 rings (SSSR count). The first-order chi connectivity index (χ1) is 13.0. The molecule has 1 heterocycles. The minimum atomic E-state index is -0.471. The Bertz CT molecular complexity index is 749. The Morgan fingerprint density at radius 2 is 1.96 bits per heavy atom. The molecule has 2 atom stereocenters. The molecule has 144 valence electrons. The molecule has 6 heteroatoms. The van der Waals surface area contributed by atoms with Gasteiger partial charge in [0.05, 0.1) is 19.3 Å². The lowest BCUT2D eigenvalue weighted by atomic mass is 9.98. The van der Waals surface area contributed by atoms with Gasteiger partial charge in [-0.2, -0.15) is 0 Å². The van der Waals surface area contributed by atoms with E-state index < -0.39 is 6.10 Å². The summed E-state index contributed by atoms with van der Waals surface area (Å²) >= 11 is 0. The number of hydrogen-bond donors (Lipinski definition) is 2. The van der Waals surface area contributed by atoms with Crippen LogP contribution in [-0.4, -0.2) is 42.3 Å². The largest absolute Gasteiger partial charge is 0.497 e. The van der Waals surface area contributed by atoms with Crippen molar-refractivity contribution in [3.05, 3.63) is 65.5 Å². The second-order valence-corrected chi connectivity index (χ2v) is 6.85. The van der Waals surface area contributed by atoms with E-state index in [1.807, 2.05) is 24.3 Å². The number of carbonyl (C=O) groups is 1. The maximum atomic E-state index is 13.2. The number of rotatable bonds is 5. The summed E-state index contributed by atoms with van der Waals surface area (Å²) < 4.78 is 18.4. The number of amides is 2. The Labute approximate surface area is 158 Å². The van der Waals surface area contributed by atoms with Gasteiger partial charge in [-0.05, 0) is 54.7 Å². The van der Waals surface area contributed by atoms with Gasteiger partial charge < -0.3 is 20.1 Å². The van der Waals surface area contributed by atoms with Gasteiger partial charge in [0.25, 0.3) is 0 Å². The van der Waals surface area contributed by atoms with Gasteiger partial charge in [0.1, 0.15) is 11.6 Å².